The molecule has 0 heterocycles. The Kier molecular flexibility index (Phi) is 5.32. The number of halogens is 2. The molecule has 2 aromatic rings. The number of rotatable bonds is 5. The van der Waals surface area contributed by atoms with Crippen molar-refractivity contribution in [3.8, 4) is 5.75 Å². The monoisotopic (exact) mass is 319 g/mol. The van der Waals surface area contributed by atoms with E-state index in [1.165, 1.54) is 0 Å². The minimum absolute atomic E-state index is 0.00593. The van der Waals surface area contributed by atoms with Crippen LogP contribution in [0.3, 0.4) is 0 Å². The van der Waals surface area contributed by atoms with Crippen LogP contribution in [0.5, 0.6) is 5.75 Å². The number of para-hydroxylation sites is 1. The summed E-state index contributed by atoms with van der Waals surface area (Å²) in [5.41, 5.74) is 0.595. The van der Waals surface area contributed by atoms with Gasteiger partial charge in [-0.2, -0.15) is 0 Å². The number of hydrogen-bond donors (Lipinski definition) is 1. The van der Waals surface area contributed by atoms with Gasteiger partial charge in [-0.25, -0.2) is 8.78 Å². The highest BCUT2D eigenvalue weighted by atomic mass is 19.1. The molecule has 0 radical (unpaired) electrons. The van der Waals surface area contributed by atoms with Gasteiger partial charge < -0.3 is 10.1 Å². The van der Waals surface area contributed by atoms with E-state index in [4.69, 9.17) is 4.74 Å². The summed E-state index contributed by atoms with van der Waals surface area (Å²) in [4.78, 5) is 12.2. The SMILES string of the molecule is CC(C)Oc1ccccc1C(C)NC(=O)c1ccc(F)cc1F. The third kappa shape index (κ3) is 4.28. The molecule has 122 valence electrons. The van der Waals surface area contributed by atoms with Crippen molar-refractivity contribution in [2.75, 3.05) is 0 Å². The molecule has 5 heteroatoms. The van der Waals surface area contributed by atoms with Gasteiger partial charge in [0, 0.05) is 11.6 Å². The smallest absolute Gasteiger partial charge is 0.254 e. The molecule has 3 nitrogen and oxygen atoms in total. The maximum absolute atomic E-state index is 13.7. The third-order valence-corrected chi connectivity index (χ3v) is 3.27. The van der Waals surface area contributed by atoms with Crippen molar-refractivity contribution in [2.24, 2.45) is 0 Å². The zero-order chi connectivity index (χ0) is 17.0. The van der Waals surface area contributed by atoms with E-state index in [1.54, 1.807) is 6.92 Å². The van der Waals surface area contributed by atoms with E-state index in [2.05, 4.69) is 5.32 Å². The van der Waals surface area contributed by atoms with Crippen LogP contribution in [0.15, 0.2) is 42.5 Å². The summed E-state index contributed by atoms with van der Waals surface area (Å²) >= 11 is 0. The predicted molar refractivity (Wildman–Crippen MR) is 84.4 cm³/mol. The van der Waals surface area contributed by atoms with E-state index in [0.29, 0.717) is 11.8 Å². The fraction of sp³-hybridized carbons (Fsp3) is 0.278. The summed E-state index contributed by atoms with van der Waals surface area (Å²) in [5.74, 6) is -1.55. The molecular formula is C18H19F2NO2. The average molecular weight is 319 g/mol. The number of nitrogens with one attached hydrogen (secondary N) is 1. The van der Waals surface area contributed by atoms with E-state index < -0.39 is 17.5 Å². The van der Waals surface area contributed by atoms with Gasteiger partial charge in [-0.1, -0.05) is 18.2 Å². The molecule has 0 aliphatic rings. The zero-order valence-electron chi connectivity index (χ0n) is 13.3. The summed E-state index contributed by atoms with van der Waals surface area (Å²) in [7, 11) is 0. The molecule has 1 atom stereocenters. The molecule has 2 aromatic carbocycles. The minimum atomic E-state index is -0.888. The van der Waals surface area contributed by atoms with Crippen LogP contribution in [-0.4, -0.2) is 12.0 Å². The highest BCUT2D eigenvalue weighted by Gasteiger charge is 2.18. The van der Waals surface area contributed by atoms with Gasteiger partial charge >= 0.3 is 0 Å². The molecule has 0 aromatic heterocycles. The molecule has 23 heavy (non-hydrogen) atoms. The lowest BCUT2D eigenvalue weighted by atomic mass is 10.1. The average Bonchev–Trinajstić information content (AvgIpc) is 2.46. The second-order valence-corrected chi connectivity index (χ2v) is 5.52. The molecule has 0 bridgehead atoms. The highest BCUT2D eigenvalue weighted by molar-refractivity contribution is 5.94. The highest BCUT2D eigenvalue weighted by Crippen LogP contribution is 2.26. The zero-order valence-corrected chi connectivity index (χ0v) is 13.3. The number of amides is 1. The quantitative estimate of drug-likeness (QED) is 0.895. The second-order valence-electron chi connectivity index (χ2n) is 5.52. The van der Waals surface area contributed by atoms with Crippen molar-refractivity contribution >= 4 is 5.91 Å². The first-order valence-corrected chi connectivity index (χ1v) is 7.40. The van der Waals surface area contributed by atoms with Gasteiger partial charge in [-0.15, -0.1) is 0 Å². The van der Waals surface area contributed by atoms with Crippen LogP contribution >= 0.6 is 0 Å². The standard InChI is InChI=1S/C18H19F2NO2/c1-11(2)23-17-7-5-4-6-14(17)12(3)21-18(22)15-9-8-13(19)10-16(15)20/h4-12H,1-3H3,(H,21,22). The molecule has 0 aliphatic carbocycles. The van der Waals surface area contributed by atoms with Gasteiger partial charge in [-0.05, 0) is 39.0 Å². The molecule has 1 unspecified atom stereocenters. The number of carbonyl (C=O) groups is 1. The van der Waals surface area contributed by atoms with E-state index in [1.807, 2.05) is 38.1 Å². The van der Waals surface area contributed by atoms with Crippen molar-refractivity contribution in [3.63, 3.8) is 0 Å². The number of benzene rings is 2. The van der Waals surface area contributed by atoms with Gasteiger partial charge in [0.05, 0.1) is 17.7 Å². The Labute approximate surface area is 134 Å². The van der Waals surface area contributed by atoms with E-state index in [9.17, 15) is 13.6 Å². The van der Waals surface area contributed by atoms with Gasteiger partial charge in [0.15, 0.2) is 0 Å². The fourth-order valence-corrected chi connectivity index (χ4v) is 2.23. The lowest BCUT2D eigenvalue weighted by molar-refractivity contribution is 0.0935. The van der Waals surface area contributed by atoms with Crippen LogP contribution in [0.1, 0.15) is 42.7 Å². The van der Waals surface area contributed by atoms with Crippen LogP contribution in [0, 0.1) is 11.6 Å². The molecule has 2 rings (SSSR count). The Morgan fingerprint density at radius 2 is 1.78 bits per heavy atom. The molecule has 0 spiro atoms. The fourth-order valence-electron chi connectivity index (χ4n) is 2.23. The first-order valence-electron chi connectivity index (χ1n) is 7.40. The van der Waals surface area contributed by atoms with Crippen molar-refractivity contribution in [2.45, 2.75) is 32.9 Å². The molecule has 0 aliphatic heterocycles. The summed E-state index contributed by atoms with van der Waals surface area (Å²) in [6.07, 6.45) is -0.00593. The van der Waals surface area contributed by atoms with Crippen LogP contribution in [0.25, 0.3) is 0 Å². The van der Waals surface area contributed by atoms with Crippen molar-refractivity contribution in [1.82, 2.24) is 5.32 Å². The molecule has 0 fully saturated rings. The van der Waals surface area contributed by atoms with Gasteiger partial charge in [0.2, 0.25) is 0 Å². The Bertz CT molecular complexity index is 701. The number of ether oxygens (including phenoxy) is 1. The van der Waals surface area contributed by atoms with E-state index in [0.717, 1.165) is 17.7 Å². The third-order valence-electron chi connectivity index (χ3n) is 3.27. The van der Waals surface area contributed by atoms with Crippen molar-refractivity contribution in [1.29, 1.82) is 0 Å². The lowest BCUT2D eigenvalue weighted by Gasteiger charge is -2.20. The largest absolute Gasteiger partial charge is 0.491 e. The Morgan fingerprint density at radius 1 is 1.09 bits per heavy atom. The predicted octanol–water partition coefficient (Wildman–Crippen LogP) is 4.24. The summed E-state index contributed by atoms with van der Waals surface area (Å²) in [5, 5.41) is 2.71. The summed E-state index contributed by atoms with van der Waals surface area (Å²) in [6.45, 7) is 5.60. The molecule has 0 saturated carbocycles. The van der Waals surface area contributed by atoms with Crippen LogP contribution < -0.4 is 10.1 Å². The van der Waals surface area contributed by atoms with Crippen LogP contribution in [-0.2, 0) is 0 Å². The van der Waals surface area contributed by atoms with Gasteiger partial charge in [0.25, 0.3) is 5.91 Å². The molecule has 1 amide bonds. The van der Waals surface area contributed by atoms with E-state index >= 15 is 0 Å². The lowest BCUT2D eigenvalue weighted by Crippen LogP contribution is -2.28. The molecule has 0 saturated heterocycles. The number of hydrogen-bond acceptors (Lipinski definition) is 2. The van der Waals surface area contributed by atoms with Crippen LogP contribution in [0.4, 0.5) is 8.78 Å². The second kappa shape index (κ2) is 7.22. The molecule has 1 N–H and O–H groups in total. The van der Waals surface area contributed by atoms with Crippen molar-refractivity contribution < 1.29 is 18.3 Å². The Morgan fingerprint density at radius 3 is 2.43 bits per heavy atom. The van der Waals surface area contributed by atoms with E-state index in [-0.39, 0.29) is 17.7 Å². The normalized spacial score (nSPS) is 12.1. The number of carbonyl (C=O) groups excluding carboxylic acids is 1. The van der Waals surface area contributed by atoms with Gasteiger partial charge in [-0.3, -0.25) is 4.79 Å². The van der Waals surface area contributed by atoms with Crippen LogP contribution in [0.2, 0.25) is 0 Å². The summed E-state index contributed by atoms with van der Waals surface area (Å²) < 4.78 is 32.3. The Balaban J connectivity index is 2.18. The topological polar surface area (TPSA) is 38.3 Å². The van der Waals surface area contributed by atoms with Gasteiger partial charge in [0.1, 0.15) is 17.4 Å². The maximum atomic E-state index is 13.7. The van der Waals surface area contributed by atoms with Crippen molar-refractivity contribution in [3.05, 3.63) is 65.2 Å². The maximum Gasteiger partial charge on any atom is 0.254 e. The molecular weight excluding hydrogens is 300 g/mol. The first-order chi connectivity index (χ1) is 10.9. The first kappa shape index (κ1) is 16.9. The summed E-state index contributed by atoms with van der Waals surface area (Å²) in [6, 6.07) is 9.82. The minimum Gasteiger partial charge on any atom is -0.491 e. The Hall–Kier alpha value is -2.43.